The zero-order chi connectivity index (χ0) is 20.8. The summed E-state index contributed by atoms with van der Waals surface area (Å²) in [4.78, 5) is 12.1. The minimum atomic E-state index is 0.303. The second-order valence-electron chi connectivity index (χ2n) is 7.73. The lowest BCUT2D eigenvalue weighted by atomic mass is 10.1. The number of benzene rings is 2. The van der Waals surface area contributed by atoms with Crippen LogP contribution in [0, 0.1) is 0 Å². The SMILES string of the molecule is COc1ccccc1CCNc1nc(CN2CCCC(OC)C2)nc2ccccc12. The van der Waals surface area contributed by atoms with Crippen LogP contribution in [0.5, 0.6) is 5.75 Å². The Labute approximate surface area is 178 Å². The van der Waals surface area contributed by atoms with Crippen LogP contribution in [0.1, 0.15) is 24.2 Å². The van der Waals surface area contributed by atoms with Gasteiger partial charge in [0.25, 0.3) is 0 Å². The van der Waals surface area contributed by atoms with E-state index in [2.05, 4.69) is 28.4 Å². The minimum absolute atomic E-state index is 0.303. The van der Waals surface area contributed by atoms with Crippen molar-refractivity contribution in [3.63, 3.8) is 0 Å². The predicted octanol–water partition coefficient (Wildman–Crippen LogP) is 3.90. The van der Waals surface area contributed by atoms with E-state index >= 15 is 0 Å². The fourth-order valence-corrected chi connectivity index (χ4v) is 4.10. The van der Waals surface area contributed by atoms with Gasteiger partial charge in [0.2, 0.25) is 0 Å². The molecule has 6 heteroatoms. The molecule has 1 aromatic heterocycles. The van der Waals surface area contributed by atoms with Gasteiger partial charge in [0, 0.05) is 25.6 Å². The van der Waals surface area contributed by atoms with E-state index in [1.165, 1.54) is 5.56 Å². The van der Waals surface area contributed by atoms with E-state index < -0.39 is 0 Å². The Morgan fingerprint density at radius 1 is 1.07 bits per heavy atom. The summed E-state index contributed by atoms with van der Waals surface area (Å²) < 4.78 is 11.0. The highest BCUT2D eigenvalue weighted by Crippen LogP contribution is 2.23. The molecule has 0 saturated carbocycles. The van der Waals surface area contributed by atoms with Gasteiger partial charge in [0.1, 0.15) is 17.4 Å². The van der Waals surface area contributed by atoms with Gasteiger partial charge in [-0.2, -0.15) is 0 Å². The number of fused-ring (bicyclic) bond motifs is 1. The van der Waals surface area contributed by atoms with Crippen molar-refractivity contribution in [2.75, 3.05) is 39.2 Å². The van der Waals surface area contributed by atoms with Crippen LogP contribution in [0.25, 0.3) is 10.9 Å². The highest BCUT2D eigenvalue weighted by Gasteiger charge is 2.20. The first-order chi connectivity index (χ1) is 14.8. The highest BCUT2D eigenvalue weighted by molar-refractivity contribution is 5.88. The zero-order valence-electron chi connectivity index (χ0n) is 17.8. The van der Waals surface area contributed by atoms with E-state index in [1.54, 1.807) is 14.2 Å². The van der Waals surface area contributed by atoms with Crippen molar-refractivity contribution < 1.29 is 9.47 Å². The third-order valence-corrected chi connectivity index (χ3v) is 5.69. The van der Waals surface area contributed by atoms with Crippen LogP contribution in [0.3, 0.4) is 0 Å². The third-order valence-electron chi connectivity index (χ3n) is 5.69. The van der Waals surface area contributed by atoms with Gasteiger partial charge in [-0.15, -0.1) is 0 Å². The first-order valence-corrected chi connectivity index (χ1v) is 10.6. The van der Waals surface area contributed by atoms with E-state index in [4.69, 9.17) is 19.4 Å². The van der Waals surface area contributed by atoms with Crippen molar-refractivity contribution in [1.82, 2.24) is 14.9 Å². The summed E-state index contributed by atoms with van der Waals surface area (Å²) in [5, 5.41) is 4.59. The summed E-state index contributed by atoms with van der Waals surface area (Å²) >= 11 is 0. The Balaban J connectivity index is 1.50. The molecule has 2 aromatic carbocycles. The average molecular weight is 407 g/mol. The number of nitrogens with zero attached hydrogens (tertiary/aromatic N) is 3. The molecule has 1 aliphatic rings. The first kappa shape index (κ1) is 20.6. The molecule has 4 rings (SSSR count). The van der Waals surface area contributed by atoms with E-state index in [0.29, 0.717) is 6.10 Å². The molecule has 1 atom stereocenters. The number of anilines is 1. The lowest BCUT2D eigenvalue weighted by Gasteiger charge is -2.31. The van der Waals surface area contributed by atoms with Gasteiger partial charge >= 0.3 is 0 Å². The molecule has 158 valence electrons. The smallest absolute Gasteiger partial charge is 0.145 e. The maximum atomic E-state index is 5.56. The molecular weight excluding hydrogens is 376 g/mol. The fraction of sp³-hybridized carbons (Fsp3) is 0.417. The molecular formula is C24H30N4O2. The van der Waals surface area contributed by atoms with E-state index in [-0.39, 0.29) is 0 Å². The summed E-state index contributed by atoms with van der Waals surface area (Å²) in [6, 6.07) is 16.3. The van der Waals surface area contributed by atoms with Crippen LogP contribution in [-0.2, 0) is 17.7 Å². The molecule has 0 amide bonds. The number of nitrogens with one attached hydrogen (secondary N) is 1. The molecule has 1 saturated heterocycles. The summed E-state index contributed by atoms with van der Waals surface area (Å²) in [6.45, 7) is 3.51. The monoisotopic (exact) mass is 406 g/mol. The van der Waals surface area contributed by atoms with Crippen LogP contribution in [0.2, 0.25) is 0 Å². The molecule has 1 fully saturated rings. The number of likely N-dealkylation sites (tertiary alicyclic amines) is 1. The van der Waals surface area contributed by atoms with Crippen LogP contribution in [0.15, 0.2) is 48.5 Å². The molecule has 30 heavy (non-hydrogen) atoms. The maximum absolute atomic E-state index is 5.56. The first-order valence-electron chi connectivity index (χ1n) is 10.6. The molecule has 1 N–H and O–H groups in total. The summed E-state index contributed by atoms with van der Waals surface area (Å²) in [6.07, 6.45) is 3.44. The van der Waals surface area contributed by atoms with Gasteiger partial charge in [-0.25, -0.2) is 9.97 Å². The Kier molecular flexibility index (Phi) is 6.77. The van der Waals surface area contributed by atoms with Crippen molar-refractivity contribution in [3.8, 4) is 5.75 Å². The predicted molar refractivity (Wildman–Crippen MR) is 120 cm³/mol. The quantitative estimate of drug-likeness (QED) is 0.612. The van der Waals surface area contributed by atoms with Crippen molar-refractivity contribution in [3.05, 3.63) is 59.9 Å². The van der Waals surface area contributed by atoms with Crippen molar-refractivity contribution in [2.45, 2.75) is 31.9 Å². The van der Waals surface area contributed by atoms with E-state index in [0.717, 1.165) is 73.7 Å². The molecule has 0 bridgehead atoms. The standard InChI is InChI=1S/C24H30N4O2/c1-29-19-9-7-15-28(16-19)17-23-26-21-11-5-4-10-20(21)24(27-23)25-14-13-18-8-3-6-12-22(18)30-2/h3-6,8,10-12,19H,7,9,13-17H2,1-2H3,(H,25,26,27). The molecule has 0 spiro atoms. The molecule has 1 aliphatic heterocycles. The summed E-state index contributed by atoms with van der Waals surface area (Å²) in [5.74, 6) is 2.67. The zero-order valence-corrected chi connectivity index (χ0v) is 17.8. The molecule has 1 unspecified atom stereocenters. The summed E-state index contributed by atoms with van der Waals surface area (Å²) in [7, 11) is 3.51. The summed E-state index contributed by atoms with van der Waals surface area (Å²) in [5.41, 5.74) is 2.16. The second kappa shape index (κ2) is 9.87. The van der Waals surface area contributed by atoms with E-state index in [1.807, 2.05) is 30.3 Å². The number of rotatable bonds is 8. The highest BCUT2D eigenvalue weighted by atomic mass is 16.5. The van der Waals surface area contributed by atoms with Gasteiger partial charge in [-0.05, 0) is 49.6 Å². The van der Waals surface area contributed by atoms with Gasteiger partial charge in [-0.1, -0.05) is 30.3 Å². The van der Waals surface area contributed by atoms with Crippen LogP contribution in [0.4, 0.5) is 5.82 Å². The molecule has 0 radical (unpaired) electrons. The number of hydrogen-bond donors (Lipinski definition) is 1. The van der Waals surface area contributed by atoms with Gasteiger partial charge < -0.3 is 14.8 Å². The van der Waals surface area contributed by atoms with Crippen molar-refractivity contribution >= 4 is 16.7 Å². The fourth-order valence-electron chi connectivity index (χ4n) is 4.10. The average Bonchev–Trinajstić information content (AvgIpc) is 2.79. The van der Waals surface area contributed by atoms with Crippen molar-refractivity contribution in [1.29, 1.82) is 0 Å². The number of methoxy groups -OCH3 is 2. The molecule has 6 nitrogen and oxygen atoms in total. The number of aromatic nitrogens is 2. The minimum Gasteiger partial charge on any atom is -0.496 e. The lowest BCUT2D eigenvalue weighted by molar-refractivity contribution is 0.0277. The molecule has 3 aromatic rings. The Bertz CT molecular complexity index is 978. The van der Waals surface area contributed by atoms with Crippen LogP contribution >= 0.6 is 0 Å². The number of hydrogen-bond acceptors (Lipinski definition) is 6. The largest absolute Gasteiger partial charge is 0.496 e. The number of para-hydroxylation sites is 2. The molecule has 2 heterocycles. The number of ether oxygens (including phenoxy) is 2. The Hall–Kier alpha value is -2.70. The van der Waals surface area contributed by atoms with Gasteiger partial charge in [-0.3, -0.25) is 4.90 Å². The maximum Gasteiger partial charge on any atom is 0.145 e. The third kappa shape index (κ3) is 4.89. The lowest BCUT2D eigenvalue weighted by Crippen LogP contribution is -2.39. The van der Waals surface area contributed by atoms with Gasteiger partial charge in [0.05, 0.1) is 25.3 Å². The normalized spacial score (nSPS) is 17.2. The van der Waals surface area contributed by atoms with Crippen molar-refractivity contribution in [2.24, 2.45) is 0 Å². The topological polar surface area (TPSA) is 59.5 Å². The van der Waals surface area contributed by atoms with Crippen LogP contribution < -0.4 is 10.1 Å². The Morgan fingerprint density at radius 3 is 2.77 bits per heavy atom. The van der Waals surface area contributed by atoms with Gasteiger partial charge in [0.15, 0.2) is 0 Å². The molecule has 0 aliphatic carbocycles. The Morgan fingerprint density at radius 2 is 1.90 bits per heavy atom. The van der Waals surface area contributed by atoms with Crippen LogP contribution in [-0.4, -0.2) is 54.8 Å². The van der Waals surface area contributed by atoms with E-state index in [9.17, 15) is 0 Å². The number of piperidine rings is 1. The second-order valence-corrected chi connectivity index (χ2v) is 7.73.